The second kappa shape index (κ2) is 7.81. The Kier molecular flexibility index (Phi) is 4.96. The van der Waals surface area contributed by atoms with E-state index in [0.29, 0.717) is 0 Å². The van der Waals surface area contributed by atoms with Crippen molar-refractivity contribution in [2.24, 2.45) is 0 Å². The summed E-state index contributed by atoms with van der Waals surface area (Å²) in [5.41, 5.74) is 5.01. The molecule has 2 nitrogen and oxygen atoms in total. The fourth-order valence-corrected chi connectivity index (χ4v) is 5.72. The molecule has 1 fully saturated rings. The quantitative estimate of drug-likeness (QED) is 0.256. The molecule has 0 atom stereocenters. The molecule has 4 aromatic carbocycles. The van der Waals surface area contributed by atoms with Crippen LogP contribution in [-0.2, 0) is 9.31 Å². The van der Waals surface area contributed by atoms with Gasteiger partial charge in [0.15, 0.2) is 0 Å². The zero-order valence-electron chi connectivity index (χ0n) is 20.0. The predicted molar refractivity (Wildman–Crippen MR) is 146 cm³/mol. The normalized spacial score (nSPS) is 17.0. The van der Waals surface area contributed by atoms with Crippen molar-refractivity contribution in [3.8, 4) is 22.3 Å². The number of hydrogen-bond acceptors (Lipinski definition) is 3. The van der Waals surface area contributed by atoms with Crippen LogP contribution >= 0.6 is 11.3 Å². The molecule has 1 aliphatic heterocycles. The minimum absolute atomic E-state index is 0.380. The van der Waals surface area contributed by atoms with E-state index < -0.39 is 7.12 Å². The van der Waals surface area contributed by atoms with Gasteiger partial charge in [0.2, 0.25) is 0 Å². The molecular formula is C30H27BO2S. The zero-order valence-corrected chi connectivity index (χ0v) is 20.8. The van der Waals surface area contributed by atoms with Crippen LogP contribution < -0.4 is 5.46 Å². The summed E-state index contributed by atoms with van der Waals surface area (Å²) in [6, 6.07) is 32.7. The average molecular weight is 462 g/mol. The van der Waals surface area contributed by atoms with Gasteiger partial charge in [0.05, 0.1) is 11.2 Å². The molecule has 1 saturated heterocycles. The fraction of sp³-hybridized carbons (Fsp3) is 0.200. The van der Waals surface area contributed by atoms with Crippen LogP contribution in [0.1, 0.15) is 27.7 Å². The van der Waals surface area contributed by atoms with Crippen LogP contribution in [0.2, 0.25) is 0 Å². The number of hydrogen-bond donors (Lipinski definition) is 0. The highest BCUT2D eigenvalue weighted by Crippen LogP contribution is 2.39. The molecule has 2 heterocycles. The maximum absolute atomic E-state index is 6.43. The molecule has 0 unspecified atom stereocenters. The lowest BCUT2D eigenvalue weighted by atomic mass is 9.76. The van der Waals surface area contributed by atoms with Gasteiger partial charge < -0.3 is 9.31 Å². The summed E-state index contributed by atoms with van der Waals surface area (Å²) in [5, 5.41) is 2.62. The molecule has 34 heavy (non-hydrogen) atoms. The van der Waals surface area contributed by atoms with E-state index in [0.717, 1.165) is 11.0 Å². The van der Waals surface area contributed by atoms with E-state index in [1.807, 2.05) is 11.3 Å². The van der Waals surface area contributed by atoms with Gasteiger partial charge in [-0.25, -0.2) is 0 Å². The van der Waals surface area contributed by atoms with E-state index >= 15 is 0 Å². The van der Waals surface area contributed by atoms with Crippen LogP contribution in [0.5, 0.6) is 0 Å². The van der Waals surface area contributed by atoms with Crippen LogP contribution in [0.25, 0.3) is 42.4 Å². The van der Waals surface area contributed by atoms with Crippen LogP contribution in [-0.4, -0.2) is 18.3 Å². The highest BCUT2D eigenvalue weighted by Gasteiger charge is 2.51. The van der Waals surface area contributed by atoms with Gasteiger partial charge in [-0.3, -0.25) is 0 Å². The van der Waals surface area contributed by atoms with E-state index in [-0.39, 0.29) is 11.2 Å². The maximum Gasteiger partial charge on any atom is 0.494 e. The van der Waals surface area contributed by atoms with E-state index in [4.69, 9.17) is 9.31 Å². The SMILES string of the molecule is CC1(C)OB(c2cc(-c3ccccc3)cc(-c3ccc4sc5ccccc5c4c3)c2)OC1(C)C. The first-order valence-corrected chi connectivity index (χ1v) is 12.6. The van der Waals surface area contributed by atoms with Gasteiger partial charge in [-0.15, -0.1) is 11.3 Å². The second-order valence-corrected chi connectivity index (χ2v) is 11.2. The summed E-state index contributed by atoms with van der Waals surface area (Å²) in [6.07, 6.45) is 0. The van der Waals surface area contributed by atoms with Crippen LogP contribution in [0, 0.1) is 0 Å². The van der Waals surface area contributed by atoms with Crippen LogP contribution in [0.3, 0.4) is 0 Å². The lowest BCUT2D eigenvalue weighted by molar-refractivity contribution is 0.00578. The van der Waals surface area contributed by atoms with Crippen molar-refractivity contribution in [1.29, 1.82) is 0 Å². The molecular weight excluding hydrogens is 435 g/mol. The van der Waals surface area contributed by atoms with Gasteiger partial charge in [-0.1, -0.05) is 66.7 Å². The first-order chi connectivity index (χ1) is 16.3. The molecule has 4 heteroatoms. The monoisotopic (exact) mass is 462 g/mol. The Morgan fingerprint density at radius 3 is 1.91 bits per heavy atom. The Morgan fingerprint density at radius 1 is 0.559 bits per heavy atom. The molecule has 1 aromatic heterocycles. The van der Waals surface area contributed by atoms with Crippen molar-refractivity contribution >= 4 is 44.1 Å². The van der Waals surface area contributed by atoms with Crippen LogP contribution in [0.15, 0.2) is 91.0 Å². The van der Waals surface area contributed by atoms with Crippen molar-refractivity contribution < 1.29 is 9.31 Å². The van der Waals surface area contributed by atoms with Crippen molar-refractivity contribution in [1.82, 2.24) is 0 Å². The minimum atomic E-state index is -0.405. The summed E-state index contributed by atoms with van der Waals surface area (Å²) < 4.78 is 15.5. The maximum atomic E-state index is 6.43. The summed E-state index contributed by atoms with van der Waals surface area (Å²) in [7, 11) is -0.405. The van der Waals surface area contributed by atoms with E-state index in [2.05, 4.69) is 119 Å². The van der Waals surface area contributed by atoms with Gasteiger partial charge in [0, 0.05) is 20.2 Å². The molecule has 0 radical (unpaired) electrons. The summed E-state index contributed by atoms with van der Waals surface area (Å²) in [4.78, 5) is 0. The second-order valence-electron chi connectivity index (χ2n) is 10.1. The van der Waals surface area contributed by atoms with Crippen LogP contribution in [0.4, 0.5) is 0 Å². The van der Waals surface area contributed by atoms with Crippen molar-refractivity contribution in [3.63, 3.8) is 0 Å². The molecule has 6 rings (SSSR count). The topological polar surface area (TPSA) is 18.5 Å². The van der Waals surface area contributed by atoms with Gasteiger partial charge in [-0.05, 0) is 79.7 Å². The van der Waals surface area contributed by atoms with Crippen molar-refractivity contribution in [3.05, 3.63) is 91.0 Å². The molecule has 1 aliphatic rings. The van der Waals surface area contributed by atoms with Gasteiger partial charge in [0.1, 0.15) is 0 Å². The number of benzene rings is 4. The predicted octanol–water partition coefficient (Wildman–Crippen LogP) is 7.69. The molecule has 0 N–H and O–H groups in total. The Morgan fingerprint density at radius 2 is 1.18 bits per heavy atom. The molecule has 0 bridgehead atoms. The molecule has 0 aliphatic carbocycles. The highest BCUT2D eigenvalue weighted by atomic mass is 32.1. The third-order valence-corrected chi connectivity index (χ3v) is 8.45. The summed E-state index contributed by atoms with van der Waals surface area (Å²) >= 11 is 1.85. The highest BCUT2D eigenvalue weighted by molar-refractivity contribution is 7.25. The first-order valence-electron chi connectivity index (χ1n) is 11.8. The molecule has 168 valence electrons. The number of fused-ring (bicyclic) bond motifs is 3. The first kappa shape index (κ1) is 21.6. The van der Waals surface area contributed by atoms with Crippen molar-refractivity contribution in [2.45, 2.75) is 38.9 Å². The molecule has 0 amide bonds. The zero-order chi connectivity index (χ0) is 23.5. The Labute approximate surface area is 205 Å². The van der Waals surface area contributed by atoms with E-state index in [1.54, 1.807) is 0 Å². The molecule has 0 spiro atoms. The Hall–Kier alpha value is -2.92. The smallest absolute Gasteiger partial charge is 0.399 e. The number of thiophene rings is 1. The summed E-state index contributed by atoms with van der Waals surface area (Å²) in [6.45, 7) is 8.41. The fourth-order valence-electron chi connectivity index (χ4n) is 4.64. The third-order valence-electron chi connectivity index (χ3n) is 7.30. The van der Waals surface area contributed by atoms with Gasteiger partial charge in [-0.2, -0.15) is 0 Å². The Bertz CT molecular complexity index is 1500. The largest absolute Gasteiger partial charge is 0.494 e. The lowest BCUT2D eigenvalue weighted by Crippen LogP contribution is -2.41. The van der Waals surface area contributed by atoms with Crippen molar-refractivity contribution in [2.75, 3.05) is 0 Å². The lowest BCUT2D eigenvalue weighted by Gasteiger charge is -2.32. The van der Waals surface area contributed by atoms with E-state index in [1.165, 1.54) is 36.9 Å². The molecule has 5 aromatic rings. The van der Waals surface area contributed by atoms with Gasteiger partial charge >= 0.3 is 7.12 Å². The Balaban J connectivity index is 1.52. The van der Waals surface area contributed by atoms with E-state index in [9.17, 15) is 0 Å². The number of rotatable bonds is 3. The average Bonchev–Trinajstić information content (AvgIpc) is 3.32. The standard InChI is InChI=1S/C30H27BO2S/c1-29(2)30(3,4)33-31(32-29)24-17-22(20-10-6-5-7-11-20)16-23(18-24)21-14-15-28-26(19-21)25-12-8-9-13-27(25)34-28/h5-19H,1-4H3. The van der Waals surface area contributed by atoms with Gasteiger partial charge in [0.25, 0.3) is 0 Å². The molecule has 0 saturated carbocycles. The third kappa shape index (κ3) is 3.58. The minimum Gasteiger partial charge on any atom is -0.399 e. The summed E-state index contributed by atoms with van der Waals surface area (Å²) in [5.74, 6) is 0.